The third kappa shape index (κ3) is 7.29. The Labute approximate surface area is 123 Å². The molecule has 112 valence electrons. The molecule has 0 heterocycles. The van der Waals surface area contributed by atoms with Gasteiger partial charge in [-0.15, -0.1) is 0 Å². The van der Waals surface area contributed by atoms with E-state index in [-0.39, 0.29) is 11.4 Å². The number of carbonyl (C=O) groups is 1. The van der Waals surface area contributed by atoms with Crippen molar-refractivity contribution in [3.8, 4) is 0 Å². The third-order valence-corrected chi connectivity index (χ3v) is 2.80. The second-order valence-corrected chi connectivity index (χ2v) is 6.82. The summed E-state index contributed by atoms with van der Waals surface area (Å²) in [7, 11) is 0. The molecule has 0 bridgehead atoms. The van der Waals surface area contributed by atoms with E-state index in [9.17, 15) is 4.79 Å². The van der Waals surface area contributed by atoms with Crippen LogP contribution < -0.4 is 10.6 Å². The predicted octanol–water partition coefficient (Wildman–Crippen LogP) is 2.89. The lowest BCUT2D eigenvalue weighted by Crippen LogP contribution is -2.44. The highest BCUT2D eigenvalue weighted by atomic mass is 16.2. The van der Waals surface area contributed by atoms with Gasteiger partial charge in [0.25, 0.3) is 0 Å². The van der Waals surface area contributed by atoms with Gasteiger partial charge >= 0.3 is 0 Å². The maximum absolute atomic E-state index is 11.7. The van der Waals surface area contributed by atoms with Gasteiger partial charge in [0, 0.05) is 12.1 Å². The van der Waals surface area contributed by atoms with E-state index in [0.717, 1.165) is 13.0 Å². The molecule has 0 unspecified atom stereocenters. The highest BCUT2D eigenvalue weighted by Crippen LogP contribution is 2.09. The molecule has 1 aromatic rings. The van der Waals surface area contributed by atoms with Crippen LogP contribution in [0.15, 0.2) is 24.3 Å². The van der Waals surface area contributed by atoms with E-state index in [2.05, 4.69) is 48.7 Å². The molecule has 3 heteroatoms. The second-order valence-electron chi connectivity index (χ2n) is 6.82. The highest BCUT2D eigenvalue weighted by molar-refractivity contribution is 5.78. The number of hydrogen-bond donors (Lipinski definition) is 2. The van der Waals surface area contributed by atoms with Crippen molar-refractivity contribution in [1.29, 1.82) is 0 Å². The first-order chi connectivity index (χ1) is 9.26. The van der Waals surface area contributed by atoms with Crippen LogP contribution in [0.4, 0.5) is 0 Å². The van der Waals surface area contributed by atoms with Gasteiger partial charge in [0.2, 0.25) is 5.91 Å². The van der Waals surface area contributed by atoms with Gasteiger partial charge in [-0.3, -0.25) is 4.79 Å². The molecule has 0 fully saturated rings. The minimum atomic E-state index is -0.169. The van der Waals surface area contributed by atoms with Crippen LogP contribution in [-0.2, 0) is 17.8 Å². The van der Waals surface area contributed by atoms with Crippen molar-refractivity contribution in [3.05, 3.63) is 35.4 Å². The highest BCUT2D eigenvalue weighted by Gasteiger charge is 2.12. The lowest BCUT2D eigenvalue weighted by atomic mass is 10.0. The average Bonchev–Trinajstić information content (AvgIpc) is 2.28. The van der Waals surface area contributed by atoms with Crippen LogP contribution in [0.3, 0.4) is 0 Å². The smallest absolute Gasteiger partial charge is 0.234 e. The van der Waals surface area contributed by atoms with Gasteiger partial charge in [0.1, 0.15) is 0 Å². The number of carbonyl (C=O) groups excluding carboxylic acids is 1. The van der Waals surface area contributed by atoms with Gasteiger partial charge in [-0.2, -0.15) is 0 Å². The Balaban J connectivity index is 2.33. The van der Waals surface area contributed by atoms with E-state index in [1.165, 1.54) is 11.1 Å². The molecule has 0 atom stereocenters. The molecule has 1 aromatic carbocycles. The Bertz CT molecular complexity index is 416. The van der Waals surface area contributed by atoms with Crippen molar-refractivity contribution >= 4 is 5.91 Å². The predicted molar refractivity (Wildman–Crippen MR) is 84.6 cm³/mol. The Hall–Kier alpha value is -1.35. The molecule has 0 aliphatic heterocycles. The summed E-state index contributed by atoms with van der Waals surface area (Å²) in [6.45, 7) is 11.5. The van der Waals surface area contributed by atoms with Gasteiger partial charge in [-0.05, 0) is 44.2 Å². The van der Waals surface area contributed by atoms with E-state index in [0.29, 0.717) is 12.5 Å². The van der Waals surface area contributed by atoms with Gasteiger partial charge in [-0.1, -0.05) is 38.1 Å². The van der Waals surface area contributed by atoms with Crippen molar-refractivity contribution in [3.63, 3.8) is 0 Å². The van der Waals surface area contributed by atoms with E-state index in [1.54, 1.807) is 0 Å². The van der Waals surface area contributed by atoms with Crippen LogP contribution in [0.5, 0.6) is 0 Å². The normalized spacial score (nSPS) is 11.7. The zero-order valence-electron chi connectivity index (χ0n) is 13.4. The largest absolute Gasteiger partial charge is 0.350 e. The molecule has 3 nitrogen and oxygen atoms in total. The monoisotopic (exact) mass is 276 g/mol. The number of rotatable bonds is 6. The Morgan fingerprint density at radius 3 is 2.15 bits per heavy atom. The fourth-order valence-corrected chi connectivity index (χ4v) is 2.05. The molecule has 0 spiro atoms. The van der Waals surface area contributed by atoms with Crippen molar-refractivity contribution in [2.45, 2.75) is 53.1 Å². The van der Waals surface area contributed by atoms with E-state index < -0.39 is 0 Å². The number of hydrogen-bond acceptors (Lipinski definition) is 2. The van der Waals surface area contributed by atoms with Crippen molar-refractivity contribution in [2.24, 2.45) is 5.92 Å². The first-order valence-electron chi connectivity index (χ1n) is 7.36. The average molecular weight is 276 g/mol. The summed E-state index contributed by atoms with van der Waals surface area (Å²) < 4.78 is 0. The molecule has 1 rings (SSSR count). The fourth-order valence-electron chi connectivity index (χ4n) is 2.05. The van der Waals surface area contributed by atoms with Gasteiger partial charge in [0.05, 0.1) is 6.54 Å². The molecule has 0 aromatic heterocycles. The van der Waals surface area contributed by atoms with Crippen LogP contribution in [-0.4, -0.2) is 18.0 Å². The molecule has 0 saturated heterocycles. The summed E-state index contributed by atoms with van der Waals surface area (Å²) in [4.78, 5) is 11.7. The lowest BCUT2D eigenvalue weighted by molar-refractivity contribution is -0.121. The SMILES string of the molecule is CC(C)Cc1ccc(CNCC(=O)NC(C)(C)C)cc1. The summed E-state index contributed by atoms with van der Waals surface area (Å²) in [5, 5.41) is 6.11. The number of amides is 1. The molecule has 1 amide bonds. The maximum atomic E-state index is 11.7. The number of benzene rings is 1. The maximum Gasteiger partial charge on any atom is 0.234 e. The standard InChI is InChI=1S/C17H28N2O/c1-13(2)10-14-6-8-15(9-7-14)11-18-12-16(20)19-17(3,4)5/h6-9,13,18H,10-12H2,1-5H3,(H,19,20). The van der Waals surface area contributed by atoms with E-state index in [4.69, 9.17) is 0 Å². The molecule has 0 aliphatic carbocycles. The van der Waals surface area contributed by atoms with Crippen molar-refractivity contribution in [2.75, 3.05) is 6.54 Å². The Morgan fingerprint density at radius 2 is 1.65 bits per heavy atom. The van der Waals surface area contributed by atoms with Crippen LogP contribution in [0.1, 0.15) is 45.7 Å². The topological polar surface area (TPSA) is 41.1 Å². The summed E-state index contributed by atoms with van der Waals surface area (Å²) in [5.74, 6) is 0.717. The summed E-state index contributed by atoms with van der Waals surface area (Å²) in [5.41, 5.74) is 2.41. The van der Waals surface area contributed by atoms with Crippen molar-refractivity contribution in [1.82, 2.24) is 10.6 Å². The minimum Gasteiger partial charge on any atom is -0.350 e. The Kier molecular flexibility index (Phi) is 6.21. The zero-order chi connectivity index (χ0) is 15.2. The van der Waals surface area contributed by atoms with Gasteiger partial charge in [0.15, 0.2) is 0 Å². The number of nitrogens with one attached hydrogen (secondary N) is 2. The minimum absolute atomic E-state index is 0.0360. The molecule has 20 heavy (non-hydrogen) atoms. The van der Waals surface area contributed by atoms with E-state index in [1.807, 2.05) is 20.8 Å². The van der Waals surface area contributed by atoms with Crippen LogP contribution in [0, 0.1) is 5.92 Å². The molecular formula is C17H28N2O. The lowest BCUT2D eigenvalue weighted by Gasteiger charge is -2.20. The third-order valence-electron chi connectivity index (χ3n) is 2.80. The van der Waals surface area contributed by atoms with Gasteiger partial charge < -0.3 is 10.6 Å². The van der Waals surface area contributed by atoms with Crippen LogP contribution in [0.25, 0.3) is 0 Å². The first kappa shape index (κ1) is 16.7. The van der Waals surface area contributed by atoms with Crippen molar-refractivity contribution < 1.29 is 4.79 Å². The molecule has 0 saturated carbocycles. The molecule has 0 radical (unpaired) electrons. The first-order valence-corrected chi connectivity index (χ1v) is 7.36. The van der Waals surface area contributed by atoms with Crippen LogP contribution in [0.2, 0.25) is 0 Å². The summed E-state index contributed by atoms with van der Waals surface area (Å²) in [6, 6.07) is 8.61. The second kappa shape index (κ2) is 7.44. The quantitative estimate of drug-likeness (QED) is 0.839. The van der Waals surface area contributed by atoms with Crippen LogP contribution >= 0.6 is 0 Å². The Morgan fingerprint density at radius 1 is 1.10 bits per heavy atom. The summed E-state index contributed by atoms with van der Waals surface area (Å²) in [6.07, 6.45) is 1.11. The summed E-state index contributed by atoms with van der Waals surface area (Å²) >= 11 is 0. The zero-order valence-corrected chi connectivity index (χ0v) is 13.4. The fraction of sp³-hybridized carbons (Fsp3) is 0.588. The molecule has 2 N–H and O–H groups in total. The van der Waals surface area contributed by atoms with E-state index >= 15 is 0 Å². The molecular weight excluding hydrogens is 248 g/mol. The van der Waals surface area contributed by atoms with Gasteiger partial charge in [-0.25, -0.2) is 0 Å². The molecule has 0 aliphatic rings.